The summed E-state index contributed by atoms with van der Waals surface area (Å²) in [7, 11) is 6.97. The molecule has 0 bridgehead atoms. The van der Waals surface area contributed by atoms with Gasteiger partial charge in [-0.15, -0.1) is 0 Å². The first-order chi connectivity index (χ1) is 8.65. The summed E-state index contributed by atoms with van der Waals surface area (Å²) in [6.45, 7) is 3.35. The molecule has 0 aromatic carbocycles. The molecule has 0 aliphatic carbocycles. The number of rotatable bonds is 7. The Hall–Kier alpha value is -1.18. The van der Waals surface area contributed by atoms with Crippen LogP contribution in [0.25, 0.3) is 0 Å². The summed E-state index contributed by atoms with van der Waals surface area (Å²) < 4.78 is 9.94. The van der Waals surface area contributed by atoms with Crippen molar-refractivity contribution in [3.8, 4) is 0 Å². The van der Waals surface area contributed by atoms with Crippen LogP contribution in [0.15, 0.2) is 0 Å². The van der Waals surface area contributed by atoms with E-state index in [9.17, 15) is 14.7 Å². The zero-order valence-electron chi connectivity index (χ0n) is 12.4. The smallest absolute Gasteiger partial charge is 0.337 e. The number of carbonyl (C=O) groups excluding carboxylic acids is 2. The number of ether oxygens (including phenoxy) is 2. The molecule has 0 aromatic heterocycles. The molecule has 7 nitrogen and oxygen atoms in total. The van der Waals surface area contributed by atoms with Crippen molar-refractivity contribution in [1.29, 1.82) is 0 Å². The fraction of sp³-hybridized carbons (Fsp3) is 0.833. The number of esters is 2. The van der Waals surface area contributed by atoms with Crippen molar-refractivity contribution in [2.75, 3.05) is 28.2 Å². The summed E-state index contributed by atoms with van der Waals surface area (Å²) in [5, 5.41) is 9.56. The Morgan fingerprint density at radius 2 is 1.42 bits per heavy atom. The van der Waals surface area contributed by atoms with Crippen molar-refractivity contribution in [1.82, 2.24) is 9.80 Å². The molecule has 19 heavy (non-hydrogen) atoms. The van der Waals surface area contributed by atoms with E-state index in [1.807, 2.05) is 0 Å². The van der Waals surface area contributed by atoms with Gasteiger partial charge in [-0.25, -0.2) is 4.79 Å². The van der Waals surface area contributed by atoms with Crippen LogP contribution in [0, 0.1) is 0 Å². The second kappa shape index (κ2) is 8.08. The molecule has 0 heterocycles. The van der Waals surface area contributed by atoms with Gasteiger partial charge in [0.2, 0.25) is 0 Å². The highest BCUT2D eigenvalue weighted by atomic mass is 16.6. The van der Waals surface area contributed by atoms with Crippen LogP contribution in [-0.2, 0) is 19.1 Å². The highest BCUT2D eigenvalue weighted by Crippen LogP contribution is 2.04. The monoisotopic (exact) mass is 276 g/mol. The molecular weight excluding hydrogens is 252 g/mol. The van der Waals surface area contributed by atoms with E-state index in [0.29, 0.717) is 0 Å². The van der Waals surface area contributed by atoms with Gasteiger partial charge in [-0.3, -0.25) is 14.6 Å². The molecule has 0 aliphatic heterocycles. The average Bonchev–Trinajstić information content (AvgIpc) is 2.27. The molecule has 0 rings (SSSR count). The summed E-state index contributed by atoms with van der Waals surface area (Å²) in [6.07, 6.45) is -2.82. The van der Waals surface area contributed by atoms with Crippen molar-refractivity contribution >= 4 is 11.9 Å². The first-order valence-corrected chi connectivity index (χ1v) is 6.06. The number of hydrogen-bond acceptors (Lipinski definition) is 7. The Morgan fingerprint density at radius 3 is 1.84 bits per heavy atom. The van der Waals surface area contributed by atoms with E-state index in [2.05, 4.69) is 0 Å². The minimum Gasteiger partial charge on any atom is -0.447 e. The van der Waals surface area contributed by atoms with Crippen LogP contribution in [0.3, 0.4) is 0 Å². The van der Waals surface area contributed by atoms with Gasteiger partial charge in [0.15, 0.2) is 18.6 Å². The maximum Gasteiger partial charge on any atom is 0.337 e. The van der Waals surface area contributed by atoms with Crippen molar-refractivity contribution in [3.63, 3.8) is 0 Å². The van der Waals surface area contributed by atoms with Crippen LogP contribution in [0.5, 0.6) is 0 Å². The molecule has 3 unspecified atom stereocenters. The highest BCUT2D eigenvalue weighted by Gasteiger charge is 2.24. The summed E-state index contributed by atoms with van der Waals surface area (Å²) in [4.78, 5) is 26.3. The predicted octanol–water partition coefficient (Wildman–Crippen LogP) is -0.361. The van der Waals surface area contributed by atoms with Crippen molar-refractivity contribution in [2.24, 2.45) is 0 Å². The quantitative estimate of drug-likeness (QED) is 0.502. The summed E-state index contributed by atoms with van der Waals surface area (Å²) in [6, 6.07) is 0. The van der Waals surface area contributed by atoms with E-state index in [1.165, 1.54) is 0 Å². The van der Waals surface area contributed by atoms with E-state index in [-0.39, 0.29) is 0 Å². The molecule has 0 aliphatic rings. The van der Waals surface area contributed by atoms with Crippen LogP contribution < -0.4 is 0 Å². The lowest BCUT2D eigenvalue weighted by Gasteiger charge is -2.22. The lowest BCUT2D eigenvalue weighted by Crippen LogP contribution is -2.36. The second-order valence-electron chi connectivity index (χ2n) is 4.77. The molecule has 0 saturated carbocycles. The maximum atomic E-state index is 11.5. The molecule has 0 fully saturated rings. The largest absolute Gasteiger partial charge is 0.447 e. The van der Waals surface area contributed by atoms with Crippen LogP contribution in [0.1, 0.15) is 20.3 Å². The van der Waals surface area contributed by atoms with Crippen molar-refractivity contribution < 1.29 is 24.2 Å². The second-order valence-corrected chi connectivity index (χ2v) is 4.77. The molecule has 3 atom stereocenters. The van der Waals surface area contributed by atoms with E-state index in [0.717, 1.165) is 0 Å². The first-order valence-electron chi connectivity index (χ1n) is 6.06. The van der Waals surface area contributed by atoms with Gasteiger partial charge in [0.1, 0.15) is 0 Å². The van der Waals surface area contributed by atoms with Crippen molar-refractivity contribution in [2.45, 2.75) is 38.8 Å². The van der Waals surface area contributed by atoms with Gasteiger partial charge >= 0.3 is 11.9 Å². The van der Waals surface area contributed by atoms with Gasteiger partial charge in [0.05, 0.1) is 6.42 Å². The van der Waals surface area contributed by atoms with Gasteiger partial charge in [-0.2, -0.15) is 0 Å². The number of hydrogen-bond donors (Lipinski definition) is 1. The minimum absolute atomic E-state index is 0.419. The van der Waals surface area contributed by atoms with Gasteiger partial charge in [-0.1, -0.05) is 0 Å². The minimum atomic E-state index is -1.51. The Bertz CT molecular complexity index is 306. The number of nitrogens with zero attached hydrogens (tertiary/aromatic N) is 2. The van der Waals surface area contributed by atoms with Crippen LogP contribution in [-0.4, -0.2) is 73.6 Å². The lowest BCUT2D eigenvalue weighted by atomic mass is 10.2. The van der Waals surface area contributed by atoms with E-state index < -0.39 is 36.9 Å². The molecule has 0 aromatic rings. The zero-order valence-corrected chi connectivity index (χ0v) is 12.4. The SMILES string of the molecule is CC(OC(=O)CC(O)C(=O)OC(C)N(C)C)N(C)C. The third kappa shape index (κ3) is 7.09. The van der Waals surface area contributed by atoms with E-state index in [4.69, 9.17) is 9.47 Å². The normalized spacial score (nSPS) is 16.1. The topological polar surface area (TPSA) is 79.3 Å². The molecule has 0 saturated heterocycles. The molecular formula is C12H24N2O5. The fourth-order valence-corrected chi connectivity index (χ4v) is 0.937. The number of aliphatic hydroxyl groups is 1. The Kier molecular flexibility index (Phi) is 7.58. The summed E-state index contributed by atoms with van der Waals surface area (Å²) >= 11 is 0. The van der Waals surface area contributed by atoms with E-state index >= 15 is 0 Å². The third-order valence-corrected chi connectivity index (χ3v) is 2.68. The van der Waals surface area contributed by atoms with Gasteiger partial charge in [-0.05, 0) is 42.0 Å². The zero-order chi connectivity index (χ0) is 15.2. The van der Waals surface area contributed by atoms with Gasteiger partial charge in [0, 0.05) is 0 Å². The molecule has 0 amide bonds. The van der Waals surface area contributed by atoms with Crippen LogP contribution >= 0.6 is 0 Å². The fourth-order valence-electron chi connectivity index (χ4n) is 0.937. The Balaban J connectivity index is 4.18. The van der Waals surface area contributed by atoms with Crippen molar-refractivity contribution in [3.05, 3.63) is 0 Å². The Labute approximate surface area is 114 Å². The highest BCUT2D eigenvalue weighted by molar-refractivity contribution is 5.81. The molecule has 7 heteroatoms. The lowest BCUT2D eigenvalue weighted by molar-refractivity contribution is -0.172. The molecule has 0 spiro atoms. The number of aliphatic hydroxyl groups excluding tert-OH is 1. The molecule has 112 valence electrons. The summed E-state index contributed by atoms with van der Waals surface area (Å²) in [5.74, 6) is -1.49. The number of carbonyl (C=O) groups is 2. The molecule has 1 N–H and O–H groups in total. The average molecular weight is 276 g/mol. The van der Waals surface area contributed by atoms with Crippen LogP contribution in [0.4, 0.5) is 0 Å². The van der Waals surface area contributed by atoms with Gasteiger partial charge in [0.25, 0.3) is 0 Å². The first kappa shape index (κ1) is 17.8. The standard InChI is InChI=1S/C12H24N2O5/c1-8(13(3)4)18-11(16)7-10(15)12(17)19-9(2)14(5)6/h8-10,15H,7H2,1-6H3. The predicted molar refractivity (Wildman–Crippen MR) is 69.1 cm³/mol. The maximum absolute atomic E-state index is 11.5. The van der Waals surface area contributed by atoms with Gasteiger partial charge < -0.3 is 14.6 Å². The molecule has 0 radical (unpaired) electrons. The third-order valence-electron chi connectivity index (χ3n) is 2.68. The summed E-state index contributed by atoms with van der Waals surface area (Å²) in [5.41, 5.74) is 0. The van der Waals surface area contributed by atoms with Crippen LogP contribution in [0.2, 0.25) is 0 Å². The van der Waals surface area contributed by atoms with E-state index in [1.54, 1.807) is 51.8 Å². The Morgan fingerprint density at radius 1 is 1.00 bits per heavy atom.